The molecule has 5 unspecified atom stereocenters. The fourth-order valence-electron chi connectivity index (χ4n) is 12.9. The lowest BCUT2D eigenvalue weighted by Gasteiger charge is -2.40. The Morgan fingerprint density at radius 2 is 1.52 bits per heavy atom. The van der Waals surface area contributed by atoms with Gasteiger partial charge in [0, 0.05) is 107 Å². The van der Waals surface area contributed by atoms with Crippen molar-refractivity contribution in [2.75, 3.05) is 81.9 Å². The molecule has 5 aromatic rings. The van der Waals surface area contributed by atoms with E-state index in [1.54, 1.807) is 30.5 Å². The molecule has 17 heteroatoms. The summed E-state index contributed by atoms with van der Waals surface area (Å²) in [6, 6.07) is 16.1. The van der Waals surface area contributed by atoms with Gasteiger partial charge >= 0.3 is 6.01 Å². The molecule has 0 spiro atoms. The van der Waals surface area contributed by atoms with Crippen LogP contribution < -0.4 is 25.2 Å². The molecule has 2 aliphatic carbocycles. The van der Waals surface area contributed by atoms with E-state index >= 15 is 4.39 Å². The molecule has 6 aliphatic heterocycles. The van der Waals surface area contributed by atoms with Crippen molar-refractivity contribution in [2.24, 2.45) is 23.2 Å². The number of nitrogens with one attached hydrogen (secondary N) is 2. The maximum absolute atomic E-state index is 17.1. The van der Waals surface area contributed by atoms with Gasteiger partial charge in [0.15, 0.2) is 5.82 Å². The number of amides is 4. The molecule has 0 radical (unpaired) electrons. The number of carbonyl (C=O) groups excluding carboxylic acids is 4. The van der Waals surface area contributed by atoms with Crippen LogP contribution in [0.4, 0.5) is 15.9 Å². The van der Waals surface area contributed by atoms with Crippen LogP contribution in [-0.4, -0.2) is 149 Å². The van der Waals surface area contributed by atoms with E-state index in [1.165, 1.54) is 6.42 Å². The molecule has 2 aromatic heterocycles. The van der Waals surface area contributed by atoms with Gasteiger partial charge in [-0.3, -0.25) is 34.4 Å². The quantitative estimate of drug-likeness (QED) is 0.144. The number of pyridine rings is 1. The minimum Gasteiger partial charge on any atom is -0.508 e. The monoisotopic (exact) mass is 962 g/mol. The molecule has 368 valence electrons. The zero-order valence-electron chi connectivity index (χ0n) is 39.8. The summed E-state index contributed by atoms with van der Waals surface area (Å²) in [6.45, 7) is 9.63. The van der Waals surface area contributed by atoms with Crippen LogP contribution >= 0.6 is 0 Å². The van der Waals surface area contributed by atoms with Crippen molar-refractivity contribution < 1.29 is 33.4 Å². The third-order valence-electron chi connectivity index (χ3n) is 17.0. The summed E-state index contributed by atoms with van der Waals surface area (Å²) in [5.74, 6) is 0.332. The second kappa shape index (κ2) is 17.5. The molecule has 5 atom stereocenters. The van der Waals surface area contributed by atoms with E-state index in [4.69, 9.17) is 19.7 Å². The third-order valence-corrected chi connectivity index (χ3v) is 17.0. The normalized spacial score (nSPS) is 26.7. The maximum atomic E-state index is 17.1. The second-order valence-corrected chi connectivity index (χ2v) is 21.9. The number of benzene rings is 3. The molecule has 16 nitrogen and oxygen atoms in total. The Bertz CT molecular complexity index is 2980. The number of piperidine rings is 2. The zero-order valence-corrected chi connectivity index (χ0v) is 39.8. The first-order valence-electron chi connectivity index (χ1n) is 25.8. The SMILES string of the molecule is O=C1CCC(N2C(=O)c3ccc(N4CCC(CN5CCN(CC6(COc7nc(N8CC9CC%10CC%10CC(C8)N9)c8cnc(-c9cc(O)cc%10ccccc9%10)c(F)c8n7)CC6)CC5)CC4)cc3C2=O)C(=O)N1. The first-order chi connectivity index (χ1) is 34.5. The molecule has 4 amide bonds. The summed E-state index contributed by atoms with van der Waals surface area (Å²) in [6.07, 6.45) is 9.70. The van der Waals surface area contributed by atoms with Crippen LogP contribution in [0.1, 0.15) is 78.5 Å². The fourth-order valence-corrected chi connectivity index (χ4v) is 12.9. The number of piperazine rings is 2. The van der Waals surface area contributed by atoms with Crippen LogP contribution in [0.15, 0.2) is 60.8 Å². The molecule has 8 aliphatic rings. The number of ether oxygens (including phenoxy) is 1. The summed E-state index contributed by atoms with van der Waals surface area (Å²) < 4.78 is 23.7. The average Bonchev–Trinajstić information content (AvgIpc) is 4.30. The van der Waals surface area contributed by atoms with Gasteiger partial charge in [-0.1, -0.05) is 24.3 Å². The van der Waals surface area contributed by atoms with Crippen LogP contribution in [0.2, 0.25) is 0 Å². The van der Waals surface area contributed by atoms with E-state index in [-0.39, 0.29) is 41.2 Å². The Balaban J connectivity index is 0.647. The molecular weight excluding hydrogens is 904 g/mol. The highest BCUT2D eigenvalue weighted by Gasteiger charge is 2.48. The summed E-state index contributed by atoms with van der Waals surface area (Å²) in [5.41, 5.74) is 2.32. The standard InChI is InChI=1S/C54H59FN10O6/c55-46-47(41-24-38(66)22-32-3-1-2-4-39(32)41)56-25-43-48(46)59-53(60-49(43)64-27-35-20-33-19-34(33)21-36(28-64)57-35)71-30-54(11-12-54)29-62-17-15-61(16-18-62)26-31-9-13-63(14-10-31)37-5-6-40-42(23-37)52(70)65(51(40)69)44-7-8-45(67)58-50(44)68/h1-6,22-25,31,33-36,44,57,66H,7-21,26-30H2,(H,58,67,68). The first-order valence-corrected chi connectivity index (χ1v) is 25.8. The highest BCUT2D eigenvalue weighted by molar-refractivity contribution is 6.23. The smallest absolute Gasteiger partial charge is 0.319 e. The van der Waals surface area contributed by atoms with Crippen molar-refractivity contribution in [3.63, 3.8) is 0 Å². The maximum Gasteiger partial charge on any atom is 0.319 e. The van der Waals surface area contributed by atoms with E-state index in [0.29, 0.717) is 52.5 Å². The van der Waals surface area contributed by atoms with Crippen LogP contribution in [0.5, 0.6) is 11.8 Å². The van der Waals surface area contributed by atoms with E-state index in [9.17, 15) is 24.3 Å². The number of nitrogens with zero attached hydrogens (tertiary/aromatic N) is 8. The molecule has 2 saturated carbocycles. The van der Waals surface area contributed by atoms with E-state index in [1.807, 2.05) is 30.3 Å². The first kappa shape index (κ1) is 44.6. The predicted molar refractivity (Wildman–Crippen MR) is 264 cm³/mol. The summed E-state index contributed by atoms with van der Waals surface area (Å²) in [5, 5.41) is 19.0. The van der Waals surface area contributed by atoms with Gasteiger partial charge in [0.25, 0.3) is 11.8 Å². The molecule has 2 bridgehead atoms. The minimum atomic E-state index is -0.977. The molecule has 13 rings (SSSR count). The molecule has 7 fully saturated rings. The van der Waals surface area contributed by atoms with Gasteiger partial charge in [-0.15, -0.1) is 0 Å². The van der Waals surface area contributed by atoms with Crippen molar-refractivity contribution in [1.29, 1.82) is 0 Å². The summed E-state index contributed by atoms with van der Waals surface area (Å²) in [4.78, 5) is 76.3. The second-order valence-electron chi connectivity index (χ2n) is 21.9. The van der Waals surface area contributed by atoms with E-state index < -0.39 is 35.5 Å². The summed E-state index contributed by atoms with van der Waals surface area (Å²) in [7, 11) is 0. The Labute approximate surface area is 410 Å². The number of aromatic hydroxyl groups is 1. The third kappa shape index (κ3) is 8.42. The van der Waals surface area contributed by atoms with E-state index in [2.05, 4.69) is 30.2 Å². The van der Waals surface area contributed by atoms with Gasteiger partial charge in [-0.2, -0.15) is 9.97 Å². The van der Waals surface area contributed by atoms with Gasteiger partial charge in [-0.25, -0.2) is 4.39 Å². The lowest BCUT2D eigenvalue weighted by atomic mass is 9.95. The molecule has 8 heterocycles. The van der Waals surface area contributed by atoms with Gasteiger partial charge in [0.05, 0.1) is 23.1 Å². The van der Waals surface area contributed by atoms with Crippen molar-refractivity contribution in [3.8, 4) is 23.0 Å². The van der Waals surface area contributed by atoms with Crippen molar-refractivity contribution in [1.82, 2.24) is 40.3 Å². The van der Waals surface area contributed by atoms with Crippen molar-refractivity contribution in [3.05, 3.63) is 77.7 Å². The number of hydrogen-bond acceptors (Lipinski definition) is 14. The largest absolute Gasteiger partial charge is 0.508 e. The van der Waals surface area contributed by atoms with Crippen LogP contribution in [0.3, 0.4) is 0 Å². The minimum absolute atomic E-state index is 0.0143. The van der Waals surface area contributed by atoms with Gasteiger partial charge in [0.1, 0.15) is 28.8 Å². The highest BCUT2D eigenvalue weighted by Crippen LogP contribution is 2.49. The molecule has 3 aromatic carbocycles. The van der Waals surface area contributed by atoms with Crippen LogP contribution in [0.25, 0.3) is 32.9 Å². The van der Waals surface area contributed by atoms with Crippen molar-refractivity contribution in [2.45, 2.75) is 75.9 Å². The number of aromatic nitrogens is 3. The number of rotatable bonds is 11. The Hall–Kier alpha value is -6.30. The number of halogens is 1. The number of phenols is 1. The Kier molecular flexibility index (Phi) is 11.0. The Morgan fingerprint density at radius 3 is 2.28 bits per heavy atom. The lowest BCUT2D eigenvalue weighted by Crippen LogP contribution is -2.56. The van der Waals surface area contributed by atoms with Crippen LogP contribution in [-0.2, 0) is 9.59 Å². The zero-order chi connectivity index (χ0) is 48.1. The Morgan fingerprint density at radius 1 is 0.775 bits per heavy atom. The molecule has 5 saturated heterocycles. The average molecular weight is 963 g/mol. The fraction of sp³-hybridized carbons (Fsp3) is 0.500. The number of carbonyl (C=O) groups is 4. The highest BCUT2D eigenvalue weighted by atomic mass is 19.1. The number of anilines is 2. The molecule has 3 N–H and O–H groups in total. The lowest BCUT2D eigenvalue weighted by molar-refractivity contribution is -0.136. The van der Waals surface area contributed by atoms with Gasteiger partial charge in [0.2, 0.25) is 11.8 Å². The molecule has 71 heavy (non-hydrogen) atoms. The topological polar surface area (TPSA) is 177 Å². The number of phenolic OH excluding ortho intramolecular Hbond substituents is 1. The number of imide groups is 2. The number of fused-ring (bicyclic) bond motifs is 6. The van der Waals surface area contributed by atoms with Crippen molar-refractivity contribution >= 4 is 56.8 Å². The number of hydrogen-bond donors (Lipinski definition) is 3. The molecular formula is C54H59FN10O6. The predicted octanol–water partition coefficient (Wildman–Crippen LogP) is 5.36. The van der Waals surface area contributed by atoms with Gasteiger partial charge in [-0.05, 0) is 110 Å². The van der Waals surface area contributed by atoms with E-state index in [0.717, 1.165) is 137 Å². The van der Waals surface area contributed by atoms with Gasteiger partial charge < -0.3 is 34.8 Å². The van der Waals surface area contributed by atoms with Crippen LogP contribution in [0, 0.1) is 29.0 Å². The summed E-state index contributed by atoms with van der Waals surface area (Å²) >= 11 is 0.